The van der Waals surface area contributed by atoms with Crippen LogP contribution in [0.5, 0.6) is 0 Å². The second kappa shape index (κ2) is 8.78. The van der Waals surface area contributed by atoms with Gasteiger partial charge in [0.1, 0.15) is 5.82 Å². The summed E-state index contributed by atoms with van der Waals surface area (Å²) >= 11 is 1.37. The molecule has 0 bridgehead atoms. The summed E-state index contributed by atoms with van der Waals surface area (Å²) in [5.74, 6) is 0.792. The molecule has 0 aliphatic carbocycles. The molecule has 2 heterocycles. The largest absolute Gasteiger partial charge is 0.339 e. The van der Waals surface area contributed by atoms with E-state index in [9.17, 15) is 9.18 Å². The number of halogens is 1. The summed E-state index contributed by atoms with van der Waals surface area (Å²) in [7, 11) is 0. The van der Waals surface area contributed by atoms with E-state index >= 15 is 0 Å². The number of benzene rings is 2. The van der Waals surface area contributed by atoms with E-state index in [1.165, 1.54) is 30.3 Å². The molecule has 1 aliphatic heterocycles. The van der Waals surface area contributed by atoms with Crippen molar-refractivity contribution in [2.24, 2.45) is 0 Å². The summed E-state index contributed by atoms with van der Waals surface area (Å²) in [5, 5.41) is 9.32. The number of thioether (sulfide) groups is 1. The molecule has 1 fully saturated rings. The van der Waals surface area contributed by atoms with Gasteiger partial charge in [-0.2, -0.15) is 0 Å². The Balaban J connectivity index is 1.62. The Morgan fingerprint density at radius 2 is 1.86 bits per heavy atom. The van der Waals surface area contributed by atoms with Gasteiger partial charge >= 0.3 is 0 Å². The highest BCUT2D eigenvalue weighted by Crippen LogP contribution is 2.28. The summed E-state index contributed by atoms with van der Waals surface area (Å²) in [4.78, 5) is 14.7. The average Bonchev–Trinajstić information content (AvgIpc) is 3.17. The number of carbonyl (C=O) groups excluding carboxylic acids is 1. The molecule has 3 aromatic rings. The molecule has 0 N–H and O–H groups in total. The zero-order valence-corrected chi connectivity index (χ0v) is 17.1. The first-order valence-electron chi connectivity index (χ1n) is 9.82. The molecule has 1 atom stereocenters. The van der Waals surface area contributed by atoms with Gasteiger partial charge in [-0.25, -0.2) is 4.39 Å². The van der Waals surface area contributed by atoms with Crippen LogP contribution in [0.15, 0.2) is 59.8 Å². The average molecular weight is 411 g/mol. The molecule has 1 amide bonds. The van der Waals surface area contributed by atoms with E-state index in [-0.39, 0.29) is 17.8 Å². The van der Waals surface area contributed by atoms with Gasteiger partial charge in [0.25, 0.3) is 0 Å². The minimum absolute atomic E-state index is 0.122. The third-order valence-electron chi connectivity index (χ3n) is 5.20. The molecule has 5 nitrogen and oxygen atoms in total. The minimum Gasteiger partial charge on any atom is -0.339 e. The van der Waals surface area contributed by atoms with E-state index in [0.717, 1.165) is 30.6 Å². The zero-order valence-electron chi connectivity index (χ0n) is 16.3. The van der Waals surface area contributed by atoms with Gasteiger partial charge in [-0.05, 0) is 50.5 Å². The molecular formula is C22H23FN4OS. The van der Waals surface area contributed by atoms with Gasteiger partial charge in [-0.3, -0.25) is 9.36 Å². The summed E-state index contributed by atoms with van der Waals surface area (Å²) in [6.07, 6.45) is 3.29. The highest BCUT2D eigenvalue weighted by Gasteiger charge is 2.24. The maximum absolute atomic E-state index is 13.5. The molecular weight excluding hydrogens is 387 g/mol. The number of aromatic nitrogens is 3. The number of nitrogens with zero attached hydrogens (tertiary/aromatic N) is 4. The predicted octanol–water partition coefficient (Wildman–Crippen LogP) is 4.57. The Bertz CT molecular complexity index is 974. The van der Waals surface area contributed by atoms with Crippen molar-refractivity contribution in [3.63, 3.8) is 0 Å². The number of amides is 1. The third-order valence-corrected chi connectivity index (χ3v) is 6.11. The van der Waals surface area contributed by atoms with Crippen molar-refractivity contribution < 1.29 is 9.18 Å². The lowest BCUT2D eigenvalue weighted by molar-refractivity contribution is -0.131. The van der Waals surface area contributed by atoms with Crippen LogP contribution in [0.2, 0.25) is 0 Å². The molecule has 7 heteroatoms. The molecule has 1 saturated heterocycles. The van der Waals surface area contributed by atoms with Crippen LogP contribution in [0.25, 0.3) is 17.1 Å². The van der Waals surface area contributed by atoms with Crippen LogP contribution in [0, 0.1) is 5.82 Å². The number of piperidine rings is 1. The Labute approximate surface area is 173 Å². The van der Waals surface area contributed by atoms with E-state index in [2.05, 4.69) is 17.1 Å². The molecule has 0 unspecified atom stereocenters. The van der Waals surface area contributed by atoms with E-state index in [1.54, 1.807) is 12.1 Å². The normalized spacial score (nSPS) is 16.8. The van der Waals surface area contributed by atoms with Crippen molar-refractivity contribution in [2.75, 3.05) is 12.3 Å². The summed E-state index contributed by atoms with van der Waals surface area (Å²) in [6.45, 7) is 2.93. The molecule has 29 heavy (non-hydrogen) atoms. The first-order chi connectivity index (χ1) is 14.1. The lowest BCUT2D eigenvalue weighted by Gasteiger charge is -2.33. The van der Waals surface area contributed by atoms with Crippen molar-refractivity contribution in [1.82, 2.24) is 19.7 Å². The van der Waals surface area contributed by atoms with Crippen molar-refractivity contribution in [1.29, 1.82) is 0 Å². The second-order valence-electron chi connectivity index (χ2n) is 7.20. The van der Waals surface area contributed by atoms with Gasteiger partial charge in [-0.1, -0.05) is 42.1 Å². The van der Waals surface area contributed by atoms with Crippen LogP contribution in [0.4, 0.5) is 4.39 Å². The van der Waals surface area contributed by atoms with Crippen LogP contribution in [0.3, 0.4) is 0 Å². The molecule has 1 aliphatic rings. The van der Waals surface area contributed by atoms with Crippen LogP contribution < -0.4 is 0 Å². The Hall–Kier alpha value is -2.67. The van der Waals surface area contributed by atoms with Crippen molar-refractivity contribution in [3.8, 4) is 17.1 Å². The molecule has 2 aromatic carbocycles. The van der Waals surface area contributed by atoms with Crippen LogP contribution in [-0.4, -0.2) is 43.9 Å². The van der Waals surface area contributed by atoms with Gasteiger partial charge in [0.15, 0.2) is 11.0 Å². The highest BCUT2D eigenvalue weighted by atomic mass is 32.2. The molecule has 0 spiro atoms. The second-order valence-corrected chi connectivity index (χ2v) is 8.15. The Morgan fingerprint density at radius 3 is 2.59 bits per heavy atom. The number of carbonyl (C=O) groups is 1. The topological polar surface area (TPSA) is 51.0 Å². The maximum atomic E-state index is 13.5. The van der Waals surface area contributed by atoms with E-state index in [0.29, 0.717) is 16.7 Å². The highest BCUT2D eigenvalue weighted by molar-refractivity contribution is 7.99. The lowest BCUT2D eigenvalue weighted by atomic mass is 10.0. The molecule has 1 aromatic heterocycles. The van der Waals surface area contributed by atoms with Gasteiger partial charge in [0.2, 0.25) is 5.91 Å². The molecule has 0 radical (unpaired) electrons. The fourth-order valence-corrected chi connectivity index (χ4v) is 4.48. The molecule has 150 valence electrons. The first kappa shape index (κ1) is 19.6. The van der Waals surface area contributed by atoms with E-state index < -0.39 is 0 Å². The van der Waals surface area contributed by atoms with Crippen LogP contribution in [0.1, 0.15) is 26.2 Å². The minimum atomic E-state index is -0.299. The van der Waals surface area contributed by atoms with Gasteiger partial charge < -0.3 is 4.90 Å². The fraction of sp³-hybridized carbons (Fsp3) is 0.318. The maximum Gasteiger partial charge on any atom is 0.233 e. The van der Waals surface area contributed by atoms with E-state index in [4.69, 9.17) is 0 Å². The standard InChI is InChI=1S/C22H23FN4OS/c1-16-7-5-6-14-26(16)20(28)15-29-22-25-24-21(17-8-3-2-4-9-17)27(22)19-12-10-18(23)11-13-19/h2-4,8-13,16H,5-7,14-15H2,1H3/t16-/m1/s1. The van der Waals surface area contributed by atoms with Crippen LogP contribution in [-0.2, 0) is 4.79 Å². The number of hydrogen-bond acceptors (Lipinski definition) is 4. The number of hydrogen-bond donors (Lipinski definition) is 0. The quantitative estimate of drug-likeness (QED) is 0.579. The number of rotatable bonds is 5. The van der Waals surface area contributed by atoms with Crippen LogP contribution >= 0.6 is 11.8 Å². The van der Waals surface area contributed by atoms with Crippen molar-refractivity contribution in [2.45, 2.75) is 37.4 Å². The fourth-order valence-electron chi connectivity index (χ4n) is 3.64. The van der Waals surface area contributed by atoms with Crippen molar-refractivity contribution >= 4 is 17.7 Å². The zero-order chi connectivity index (χ0) is 20.2. The lowest BCUT2D eigenvalue weighted by Crippen LogP contribution is -2.42. The smallest absolute Gasteiger partial charge is 0.233 e. The summed E-state index contributed by atoms with van der Waals surface area (Å²) in [6, 6.07) is 16.2. The van der Waals surface area contributed by atoms with Gasteiger partial charge in [-0.15, -0.1) is 10.2 Å². The monoisotopic (exact) mass is 410 g/mol. The molecule has 4 rings (SSSR count). The Morgan fingerprint density at radius 1 is 1.10 bits per heavy atom. The molecule has 0 saturated carbocycles. The predicted molar refractivity (Wildman–Crippen MR) is 113 cm³/mol. The SMILES string of the molecule is C[C@@H]1CCCCN1C(=O)CSc1nnc(-c2ccccc2)n1-c1ccc(F)cc1. The Kier molecular flexibility index (Phi) is 5.94. The number of likely N-dealkylation sites (tertiary alicyclic amines) is 1. The van der Waals surface area contributed by atoms with Gasteiger partial charge in [0, 0.05) is 23.8 Å². The van der Waals surface area contributed by atoms with E-state index in [1.807, 2.05) is 39.8 Å². The first-order valence-corrected chi connectivity index (χ1v) is 10.8. The summed E-state index contributed by atoms with van der Waals surface area (Å²) < 4.78 is 15.3. The summed E-state index contributed by atoms with van der Waals surface area (Å²) in [5.41, 5.74) is 1.67. The van der Waals surface area contributed by atoms with Gasteiger partial charge in [0.05, 0.1) is 5.75 Å². The van der Waals surface area contributed by atoms with Crippen molar-refractivity contribution in [3.05, 3.63) is 60.4 Å². The third kappa shape index (κ3) is 4.34.